The number of nitrogens with zero attached hydrogens (tertiary/aromatic N) is 1. The van der Waals surface area contributed by atoms with Crippen LogP contribution in [0.5, 0.6) is 0 Å². The zero-order valence-electron chi connectivity index (χ0n) is 13.3. The average molecular weight is 342 g/mol. The molecule has 2 aromatic rings. The zero-order chi connectivity index (χ0) is 16.9. The minimum atomic E-state index is -3.66. The number of fused-ring (bicyclic) bond motifs is 2. The van der Waals surface area contributed by atoms with Gasteiger partial charge in [-0.1, -0.05) is 35.9 Å². The van der Waals surface area contributed by atoms with Gasteiger partial charge in [-0.2, -0.15) is 0 Å². The van der Waals surface area contributed by atoms with Crippen LogP contribution in [0.3, 0.4) is 0 Å². The van der Waals surface area contributed by atoms with E-state index in [1.54, 1.807) is 24.3 Å². The lowest BCUT2D eigenvalue weighted by atomic mass is 9.81. The van der Waals surface area contributed by atoms with Crippen LogP contribution in [0.2, 0.25) is 0 Å². The van der Waals surface area contributed by atoms with E-state index in [2.05, 4.69) is 5.32 Å². The maximum absolute atomic E-state index is 13.2. The van der Waals surface area contributed by atoms with Gasteiger partial charge in [-0.3, -0.25) is 9.10 Å². The fraction of sp³-hybridized carbons (Fsp3) is 0.278. The number of sulfonamides is 1. The third-order valence-corrected chi connectivity index (χ3v) is 6.70. The quantitative estimate of drug-likeness (QED) is 0.907. The first-order valence-electron chi connectivity index (χ1n) is 7.88. The summed E-state index contributed by atoms with van der Waals surface area (Å²) < 4.78 is 27.8. The number of benzene rings is 2. The predicted molar refractivity (Wildman–Crippen MR) is 91.5 cm³/mol. The molecule has 0 saturated carbocycles. The molecular formula is C18H18N2O3S. The summed E-state index contributed by atoms with van der Waals surface area (Å²) in [5.41, 5.74) is 2.15. The fourth-order valence-corrected chi connectivity index (χ4v) is 5.21. The topological polar surface area (TPSA) is 66.5 Å². The number of rotatable bonds is 2. The first-order chi connectivity index (χ1) is 11.4. The van der Waals surface area contributed by atoms with E-state index >= 15 is 0 Å². The largest absolute Gasteiger partial charge is 0.355 e. The predicted octanol–water partition coefficient (Wildman–Crippen LogP) is 1.96. The lowest BCUT2D eigenvalue weighted by molar-refractivity contribution is -0.119. The maximum Gasteiger partial charge on any atom is 0.264 e. The number of hydrogen-bond donors (Lipinski definition) is 1. The zero-order valence-corrected chi connectivity index (χ0v) is 14.1. The van der Waals surface area contributed by atoms with Gasteiger partial charge in [0.25, 0.3) is 10.0 Å². The van der Waals surface area contributed by atoms with Gasteiger partial charge < -0.3 is 5.32 Å². The summed E-state index contributed by atoms with van der Waals surface area (Å²) in [4.78, 5) is 12.1. The molecule has 2 aliphatic rings. The highest BCUT2D eigenvalue weighted by Crippen LogP contribution is 2.46. The maximum atomic E-state index is 13.2. The van der Waals surface area contributed by atoms with E-state index in [4.69, 9.17) is 0 Å². The van der Waals surface area contributed by atoms with Crippen molar-refractivity contribution in [3.8, 4) is 0 Å². The van der Waals surface area contributed by atoms with Crippen LogP contribution in [0.25, 0.3) is 0 Å². The molecule has 1 spiro atoms. The minimum Gasteiger partial charge on any atom is -0.355 e. The van der Waals surface area contributed by atoms with Crippen LogP contribution in [0.1, 0.15) is 17.5 Å². The standard InChI is InChI=1S/C18H18N2O3S/c1-13-6-8-14(9-7-13)24(22,23)20-12-18(10-17(21)19-11-18)15-4-2-3-5-16(15)20/h2-9H,10-12H2,1H3,(H,19,21). The van der Waals surface area contributed by atoms with E-state index in [-0.39, 0.29) is 10.8 Å². The van der Waals surface area contributed by atoms with Crippen molar-refractivity contribution in [3.63, 3.8) is 0 Å². The van der Waals surface area contributed by atoms with E-state index in [1.807, 2.05) is 31.2 Å². The summed E-state index contributed by atoms with van der Waals surface area (Å²) >= 11 is 0. The SMILES string of the molecule is Cc1ccc(S(=O)(=O)N2CC3(CNC(=O)C3)c3ccccc32)cc1. The van der Waals surface area contributed by atoms with Crippen molar-refractivity contribution >= 4 is 21.6 Å². The molecule has 0 aromatic heterocycles. The average Bonchev–Trinajstić information content (AvgIpc) is 3.10. The second-order valence-corrected chi connectivity index (χ2v) is 8.44. The Morgan fingerprint density at radius 1 is 1.08 bits per heavy atom. The summed E-state index contributed by atoms with van der Waals surface area (Å²) in [6, 6.07) is 14.3. The molecule has 1 fully saturated rings. The van der Waals surface area contributed by atoms with Gasteiger partial charge in [-0.05, 0) is 30.7 Å². The summed E-state index contributed by atoms with van der Waals surface area (Å²) in [6.45, 7) is 2.69. The van der Waals surface area contributed by atoms with Gasteiger partial charge >= 0.3 is 0 Å². The number of nitrogens with one attached hydrogen (secondary N) is 1. The van der Waals surface area contributed by atoms with Crippen molar-refractivity contribution in [1.29, 1.82) is 0 Å². The van der Waals surface area contributed by atoms with Crippen molar-refractivity contribution < 1.29 is 13.2 Å². The normalized spacial score (nSPS) is 22.7. The Balaban J connectivity index is 1.82. The Morgan fingerprint density at radius 3 is 2.46 bits per heavy atom. The molecule has 5 nitrogen and oxygen atoms in total. The fourth-order valence-electron chi connectivity index (χ4n) is 3.64. The van der Waals surface area contributed by atoms with E-state index in [0.717, 1.165) is 11.1 Å². The molecule has 124 valence electrons. The second-order valence-electron chi connectivity index (χ2n) is 6.58. The monoisotopic (exact) mass is 342 g/mol. The minimum absolute atomic E-state index is 0.0283. The Kier molecular flexibility index (Phi) is 3.22. The highest BCUT2D eigenvalue weighted by atomic mass is 32.2. The molecule has 2 heterocycles. The van der Waals surface area contributed by atoms with Gasteiger partial charge in [0, 0.05) is 24.9 Å². The molecule has 0 radical (unpaired) electrons. The second kappa shape index (κ2) is 5.08. The summed E-state index contributed by atoms with van der Waals surface area (Å²) in [6.07, 6.45) is 0.323. The summed E-state index contributed by atoms with van der Waals surface area (Å²) in [5.74, 6) is -0.0283. The van der Waals surface area contributed by atoms with Crippen molar-refractivity contribution in [2.24, 2.45) is 0 Å². The smallest absolute Gasteiger partial charge is 0.264 e. The Hall–Kier alpha value is -2.34. The number of amides is 1. The van der Waals surface area contributed by atoms with Crippen LogP contribution in [-0.2, 0) is 20.2 Å². The van der Waals surface area contributed by atoms with Gasteiger partial charge in [0.15, 0.2) is 0 Å². The van der Waals surface area contributed by atoms with E-state index in [0.29, 0.717) is 25.2 Å². The molecule has 1 N–H and O–H groups in total. The Morgan fingerprint density at radius 2 is 1.79 bits per heavy atom. The molecule has 1 unspecified atom stereocenters. The van der Waals surface area contributed by atoms with Gasteiger partial charge in [0.05, 0.1) is 10.6 Å². The van der Waals surface area contributed by atoms with Crippen molar-refractivity contribution in [2.45, 2.75) is 23.7 Å². The summed E-state index contributed by atoms with van der Waals surface area (Å²) in [7, 11) is -3.66. The van der Waals surface area contributed by atoms with Crippen LogP contribution in [0, 0.1) is 6.92 Å². The number of hydrogen-bond acceptors (Lipinski definition) is 3. The lowest BCUT2D eigenvalue weighted by Gasteiger charge is -2.24. The van der Waals surface area contributed by atoms with Crippen molar-refractivity contribution in [3.05, 3.63) is 59.7 Å². The van der Waals surface area contributed by atoms with Gasteiger partial charge in [0.1, 0.15) is 0 Å². The van der Waals surface area contributed by atoms with E-state index < -0.39 is 15.4 Å². The van der Waals surface area contributed by atoms with Crippen LogP contribution in [-0.4, -0.2) is 27.4 Å². The molecule has 24 heavy (non-hydrogen) atoms. The highest BCUT2D eigenvalue weighted by molar-refractivity contribution is 7.92. The number of anilines is 1. The molecule has 2 aliphatic heterocycles. The number of aryl methyl sites for hydroxylation is 1. The molecule has 0 aliphatic carbocycles. The van der Waals surface area contributed by atoms with E-state index in [9.17, 15) is 13.2 Å². The van der Waals surface area contributed by atoms with Crippen LogP contribution in [0.4, 0.5) is 5.69 Å². The Bertz CT molecular complexity index is 922. The molecule has 1 saturated heterocycles. The molecule has 1 atom stereocenters. The third kappa shape index (κ3) is 2.13. The van der Waals surface area contributed by atoms with Crippen LogP contribution < -0.4 is 9.62 Å². The van der Waals surface area contributed by atoms with Gasteiger partial charge in [-0.15, -0.1) is 0 Å². The Labute approximate surface area is 141 Å². The van der Waals surface area contributed by atoms with Crippen LogP contribution >= 0.6 is 0 Å². The molecule has 1 amide bonds. The lowest BCUT2D eigenvalue weighted by Crippen LogP contribution is -2.38. The van der Waals surface area contributed by atoms with Crippen molar-refractivity contribution in [2.75, 3.05) is 17.4 Å². The van der Waals surface area contributed by atoms with E-state index in [1.165, 1.54) is 4.31 Å². The first-order valence-corrected chi connectivity index (χ1v) is 9.32. The molecular weight excluding hydrogens is 324 g/mol. The van der Waals surface area contributed by atoms with Crippen LogP contribution in [0.15, 0.2) is 53.4 Å². The number of carbonyl (C=O) groups excluding carboxylic acids is 1. The third-order valence-electron chi connectivity index (χ3n) is 4.92. The molecule has 2 aromatic carbocycles. The molecule has 6 heteroatoms. The van der Waals surface area contributed by atoms with Crippen molar-refractivity contribution in [1.82, 2.24) is 5.32 Å². The molecule has 4 rings (SSSR count). The highest BCUT2D eigenvalue weighted by Gasteiger charge is 2.50. The van der Waals surface area contributed by atoms with Gasteiger partial charge in [-0.25, -0.2) is 8.42 Å². The first kappa shape index (κ1) is 15.2. The van der Waals surface area contributed by atoms with Gasteiger partial charge in [0.2, 0.25) is 5.91 Å². The summed E-state index contributed by atoms with van der Waals surface area (Å²) in [5, 5.41) is 2.85. The number of carbonyl (C=O) groups is 1. The number of para-hydroxylation sites is 1. The molecule has 0 bridgehead atoms.